The third-order valence-electron chi connectivity index (χ3n) is 4.40. The van der Waals surface area contributed by atoms with Crippen molar-refractivity contribution in [3.05, 3.63) is 75.1 Å². The van der Waals surface area contributed by atoms with E-state index in [4.69, 9.17) is 23.2 Å². The van der Waals surface area contributed by atoms with Gasteiger partial charge >= 0.3 is 0 Å². The molecule has 2 aromatic heterocycles. The molecule has 0 radical (unpaired) electrons. The summed E-state index contributed by atoms with van der Waals surface area (Å²) in [6.07, 6.45) is 1.85. The van der Waals surface area contributed by atoms with E-state index in [1.54, 1.807) is 12.1 Å². The molecule has 10 heteroatoms. The summed E-state index contributed by atoms with van der Waals surface area (Å²) in [6.45, 7) is 1.98. The van der Waals surface area contributed by atoms with Gasteiger partial charge in [-0.2, -0.15) is 0 Å². The number of halogens is 3. The maximum atomic E-state index is 13.1. The van der Waals surface area contributed by atoms with E-state index in [-0.39, 0.29) is 27.3 Å². The first-order valence-electron chi connectivity index (χ1n) is 8.42. The van der Waals surface area contributed by atoms with Crippen molar-refractivity contribution in [3.8, 4) is 11.3 Å². The lowest BCUT2D eigenvalue weighted by molar-refractivity contribution is 0.581. The topological polar surface area (TPSA) is 63.5 Å². The van der Waals surface area contributed by atoms with E-state index in [2.05, 4.69) is 9.71 Å². The van der Waals surface area contributed by atoms with Crippen molar-refractivity contribution >= 4 is 49.5 Å². The van der Waals surface area contributed by atoms with Crippen molar-refractivity contribution in [2.75, 3.05) is 0 Å². The molecule has 0 fully saturated rings. The zero-order valence-corrected chi connectivity index (χ0v) is 18.1. The molecule has 0 saturated carbocycles. The van der Waals surface area contributed by atoms with Crippen molar-refractivity contribution in [2.45, 2.75) is 18.4 Å². The molecule has 0 aliphatic heterocycles. The summed E-state index contributed by atoms with van der Waals surface area (Å²) in [7, 11) is -3.83. The summed E-state index contributed by atoms with van der Waals surface area (Å²) >= 11 is 13.3. The Bertz CT molecular complexity index is 1320. The molecule has 2 heterocycles. The Balaban J connectivity index is 1.59. The van der Waals surface area contributed by atoms with E-state index in [1.165, 1.54) is 41.7 Å². The largest absolute Gasteiger partial charge is 0.294 e. The summed E-state index contributed by atoms with van der Waals surface area (Å²) in [5.74, 6) is -0.305. The zero-order valence-electron chi connectivity index (χ0n) is 15.0. The van der Waals surface area contributed by atoms with Gasteiger partial charge in [0.1, 0.15) is 10.7 Å². The number of rotatable bonds is 5. The number of benzene rings is 2. The molecular weight excluding hydrogens is 456 g/mol. The second-order valence-electron chi connectivity index (χ2n) is 6.30. The van der Waals surface area contributed by atoms with Gasteiger partial charge in [-0.05, 0) is 49.4 Å². The van der Waals surface area contributed by atoms with Gasteiger partial charge in [0, 0.05) is 33.9 Å². The second-order valence-corrected chi connectivity index (χ2v) is 9.94. The number of imidazole rings is 1. The Kier molecular flexibility index (Phi) is 5.39. The normalized spacial score (nSPS) is 12.0. The molecular formula is C19H14Cl2FN3O2S2. The third kappa shape index (κ3) is 4.04. The highest BCUT2D eigenvalue weighted by Crippen LogP contribution is 2.29. The number of sulfonamides is 1. The number of thiazole rings is 1. The average molecular weight is 470 g/mol. The van der Waals surface area contributed by atoms with E-state index in [1.807, 2.05) is 17.5 Å². The van der Waals surface area contributed by atoms with Crippen LogP contribution in [0.3, 0.4) is 0 Å². The summed E-state index contributed by atoms with van der Waals surface area (Å²) in [5, 5.41) is 0.386. The fraction of sp³-hybridized carbons (Fsp3) is 0.105. The number of aryl methyl sites for hydroxylation is 1. The Morgan fingerprint density at radius 3 is 2.59 bits per heavy atom. The Labute approximate surface area is 180 Å². The van der Waals surface area contributed by atoms with Crippen LogP contribution < -0.4 is 4.72 Å². The Morgan fingerprint density at radius 2 is 1.90 bits per heavy atom. The molecule has 4 aromatic rings. The summed E-state index contributed by atoms with van der Waals surface area (Å²) < 4.78 is 42.8. The highest BCUT2D eigenvalue weighted by Gasteiger charge is 2.20. The lowest BCUT2D eigenvalue weighted by Crippen LogP contribution is -2.23. The lowest BCUT2D eigenvalue weighted by Gasteiger charge is -2.08. The van der Waals surface area contributed by atoms with Gasteiger partial charge in [0.05, 0.1) is 10.7 Å². The number of nitrogens with one attached hydrogen (secondary N) is 1. The minimum Gasteiger partial charge on any atom is -0.294 e. The van der Waals surface area contributed by atoms with E-state index >= 15 is 0 Å². The summed E-state index contributed by atoms with van der Waals surface area (Å²) in [5.41, 5.74) is 2.39. The molecule has 0 aliphatic carbocycles. The van der Waals surface area contributed by atoms with Crippen molar-refractivity contribution in [1.82, 2.24) is 14.1 Å². The van der Waals surface area contributed by atoms with Gasteiger partial charge < -0.3 is 0 Å². The number of hydrogen-bond acceptors (Lipinski definition) is 4. The van der Waals surface area contributed by atoms with E-state index in [0.29, 0.717) is 0 Å². The van der Waals surface area contributed by atoms with Crippen LogP contribution >= 0.6 is 34.5 Å². The smallest absolute Gasteiger partial charge is 0.242 e. The fourth-order valence-corrected chi connectivity index (χ4v) is 5.73. The second kappa shape index (κ2) is 7.70. The quantitative estimate of drug-likeness (QED) is 0.431. The maximum absolute atomic E-state index is 13.1. The molecule has 2 aromatic carbocycles. The molecule has 0 unspecified atom stereocenters. The molecule has 0 aliphatic rings. The van der Waals surface area contributed by atoms with Crippen LogP contribution in [0, 0.1) is 12.7 Å². The molecule has 0 bridgehead atoms. The highest BCUT2D eigenvalue weighted by molar-refractivity contribution is 7.89. The molecule has 0 spiro atoms. The predicted octanol–water partition coefficient (Wildman–Crippen LogP) is 5.30. The van der Waals surface area contributed by atoms with E-state index in [9.17, 15) is 12.8 Å². The molecule has 4 rings (SSSR count). The van der Waals surface area contributed by atoms with Crippen LogP contribution in [0.5, 0.6) is 0 Å². The van der Waals surface area contributed by atoms with Crippen LogP contribution in [0.4, 0.5) is 4.39 Å². The van der Waals surface area contributed by atoms with Gasteiger partial charge in [-0.25, -0.2) is 22.5 Å². The Hall–Kier alpha value is -1.97. The van der Waals surface area contributed by atoms with Gasteiger partial charge in [-0.3, -0.25) is 4.40 Å². The van der Waals surface area contributed by atoms with Gasteiger partial charge in [-0.1, -0.05) is 34.5 Å². The first-order chi connectivity index (χ1) is 13.7. The van der Waals surface area contributed by atoms with Gasteiger partial charge in [0.2, 0.25) is 10.0 Å². The highest BCUT2D eigenvalue weighted by atomic mass is 35.5. The number of aromatic nitrogens is 2. The van der Waals surface area contributed by atoms with Gasteiger partial charge in [0.25, 0.3) is 0 Å². The van der Waals surface area contributed by atoms with Gasteiger partial charge in [-0.15, -0.1) is 0 Å². The van der Waals surface area contributed by atoms with Crippen molar-refractivity contribution in [2.24, 2.45) is 0 Å². The van der Waals surface area contributed by atoms with E-state index < -0.39 is 10.0 Å². The minimum absolute atomic E-state index is 0.0655. The summed E-state index contributed by atoms with van der Waals surface area (Å²) in [6, 6.07) is 10.4. The predicted molar refractivity (Wildman–Crippen MR) is 114 cm³/mol. The molecule has 0 atom stereocenters. The first kappa shape index (κ1) is 20.3. The van der Waals surface area contributed by atoms with E-state index in [0.717, 1.165) is 26.8 Å². The molecule has 1 N–H and O–H groups in total. The standard InChI is InChI=1S/C19H14Cl2FN3O2S2/c1-11-17(9-23-29(26,27)18-8-13(20)4-7-15(18)21)28-19-24-16(10-25(11)19)12-2-5-14(22)6-3-12/h2-8,10,23H,9H2,1H3. The molecule has 150 valence electrons. The van der Waals surface area contributed by atoms with Crippen LogP contribution in [0.15, 0.2) is 53.6 Å². The fourth-order valence-electron chi connectivity index (χ4n) is 2.84. The maximum Gasteiger partial charge on any atom is 0.242 e. The van der Waals surface area contributed by atoms with Crippen molar-refractivity contribution < 1.29 is 12.8 Å². The monoisotopic (exact) mass is 469 g/mol. The lowest BCUT2D eigenvalue weighted by atomic mass is 10.2. The Morgan fingerprint density at radius 1 is 1.17 bits per heavy atom. The van der Waals surface area contributed by atoms with Gasteiger partial charge in [0.15, 0.2) is 4.96 Å². The molecule has 0 saturated heterocycles. The van der Waals surface area contributed by atoms with Crippen LogP contribution in [0.25, 0.3) is 16.2 Å². The number of hydrogen-bond donors (Lipinski definition) is 1. The number of nitrogens with zero attached hydrogens (tertiary/aromatic N) is 2. The molecule has 29 heavy (non-hydrogen) atoms. The summed E-state index contributed by atoms with van der Waals surface area (Å²) in [4.78, 5) is 6.04. The van der Waals surface area contributed by atoms with Crippen LogP contribution in [0.2, 0.25) is 10.0 Å². The minimum atomic E-state index is -3.83. The molecule has 0 amide bonds. The van der Waals surface area contributed by atoms with Crippen LogP contribution in [0.1, 0.15) is 10.6 Å². The van der Waals surface area contributed by atoms with Crippen molar-refractivity contribution in [1.29, 1.82) is 0 Å². The third-order valence-corrected chi connectivity index (χ3v) is 7.67. The molecule has 5 nitrogen and oxygen atoms in total. The van der Waals surface area contributed by atoms with Crippen LogP contribution in [-0.4, -0.2) is 17.8 Å². The van der Waals surface area contributed by atoms with Crippen LogP contribution in [-0.2, 0) is 16.6 Å². The first-order valence-corrected chi connectivity index (χ1v) is 11.5. The van der Waals surface area contributed by atoms with Crippen molar-refractivity contribution in [3.63, 3.8) is 0 Å². The SMILES string of the molecule is Cc1c(CNS(=O)(=O)c2cc(Cl)ccc2Cl)sc2nc(-c3ccc(F)cc3)cn12. The average Bonchev–Trinajstić information content (AvgIpc) is 3.22. The zero-order chi connectivity index (χ0) is 20.8. The number of fused-ring (bicyclic) bond motifs is 1.